The molecule has 0 saturated carbocycles. The largest absolute Gasteiger partial charge is 0.341 e. The quantitative estimate of drug-likeness (QED) is 0.836. The van der Waals surface area contributed by atoms with Gasteiger partial charge in [0.1, 0.15) is 11.9 Å². The number of anilines is 1. The molecule has 2 N–H and O–H groups in total. The summed E-state index contributed by atoms with van der Waals surface area (Å²) in [5.41, 5.74) is 1.40. The fraction of sp³-hybridized carbons (Fsp3) is 0.421. The summed E-state index contributed by atoms with van der Waals surface area (Å²) in [6, 6.07) is 5.26. The summed E-state index contributed by atoms with van der Waals surface area (Å²) in [5, 5.41) is 9.98. The Morgan fingerprint density at radius 2 is 1.89 bits per heavy atom. The number of rotatable bonds is 5. The lowest BCUT2D eigenvalue weighted by Gasteiger charge is -2.33. The van der Waals surface area contributed by atoms with Crippen LogP contribution in [-0.4, -0.2) is 46.6 Å². The SMILES string of the molecule is CNC(C(=O)N1CCC(C(=O)Nc2ccc(F)cc2)CC1)c1cnn(C)c1. The van der Waals surface area contributed by atoms with Gasteiger partial charge in [0.15, 0.2) is 0 Å². The van der Waals surface area contributed by atoms with Crippen LogP contribution in [0.3, 0.4) is 0 Å². The minimum Gasteiger partial charge on any atom is -0.341 e. The van der Waals surface area contributed by atoms with E-state index < -0.39 is 6.04 Å². The van der Waals surface area contributed by atoms with Gasteiger partial charge in [0.2, 0.25) is 11.8 Å². The van der Waals surface area contributed by atoms with Gasteiger partial charge >= 0.3 is 0 Å². The average molecular weight is 373 g/mol. The molecule has 0 spiro atoms. The first kappa shape index (κ1) is 19.0. The number of hydrogen-bond donors (Lipinski definition) is 2. The third-order valence-corrected chi connectivity index (χ3v) is 4.88. The summed E-state index contributed by atoms with van der Waals surface area (Å²) < 4.78 is 14.6. The molecule has 7 nitrogen and oxygen atoms in total. The second kappa shape index (κ2) is 8.30. The van der Waals surface area contributed by atoms with Crippen LogP contribution in [0.25, 0.3) is 0 Å². The number of nitrogens with zero attached hydrogens (tertiary/aromatic N) is 3. The fourth-order valence-electron chi connectivity index (χ4n) is 3.34. The van der Waals surface area contributed by atoms with Gasteiger partial charge in [-0.15, -0.1) is 0 Å². The lowest BCUT2D eigenvalue weighted by molar-refractivity contribution is -0.136. The zero-order valence-electron chi connectivity index (χ0n) is 15.5. The Morgan fingerprint density at radius 1 is 1.22 bits per heavy atom. The standard InChI is InChI=1S/C19H24FN5O2/c1-21-17(14-11-22-24(2)12-14)19(27)25-9-7-13(8-10-25)18(26)23-16-5-3-15(20)4-6-16/h3-6,11-13,17,21H,7-10H2,1-2H3,(H,23,26). The van der Waals surface area contributed by atoms with Gasteiger partial charge in [-0.1, -0.05) is 0 Å². The highest BCUT2D eigenvalue weighted by atomic mass is 19.1. The van der Waals surface area contributed by atoms with E-state index in [1.54, 1.807) is 22.8 Å². The summed E-state index contributed by atoms with van der Waals surface area (Å²) in [7, 11) is 3.56. The Morgan fingerprint density at radius 3 is 2.44 bits per heavy atom. The highest BCUT2D eigenvalue weighted by Crippen LogP contribution is 2.23. The van der Waals surface area contributed by atoms with Crippen LogP contribution in [0.2, 0.25) is 0 Å². The van der Waals surface area contributed by atoms with E-state index in [0.717, 1.165) is 5.56 Å². The maximum absolute atomic E-state index is 13.0. The summed E-state index contributed by atoms with van der Waals surface area (Å²) in [6.45, 7) is 1.05. The van der Waals surface area contributed by atoms with E-state index in [0.29, 0.717) is 31.6 Å². The number of likely N-dealkylation sites (N-methyl/N-ethyl adjacent to an activating group) is 1. The van der Waals surface area contributed by atoms with Crippen LogP contribution in [0.5, 0.6) is 0 Å². The van der Waals surface area contributed by atoms with Gasteiger partial charge in [0.05, 0.1) is 6.20 Å². The first-order chi connectivity index (χ1) is 13.0. The van der Waals surface area contributed by atoms with E-state index in [2.05, 4.69) is 15.7 Å². The average Bonchev–Trinajstić information content (AvgIpc) is 3.10. The molecule has 1 aliphatic heterocycles. The Labute approximate surface area is 157 Å². The number of aryl methyl sites for hydroxylation is 1. The number of nitrogens with one attached hydrogen (secondary N) is 2. The predicted octanol–water partition coefficient (Wildman–Crippen LogP) is 1.70. The van der Waals surface area contributed by atoms with E-state index in [1.165, 1.54) is 24.3 Å². The van der Waals surface area contributed by atoms with Crippen LogP contribution in [0, 0.1) is 11.7 Å². The molecular weight excluding hydrogens is 349 g/mol. The third-order valence-electron chi connectivity index (χ3n) is 4.88. The summed E-state index contributed by atoms with van der Waals surface area (Å²) in [4.78, 5) is 27.0. The highest BCUT2D eigenvalue weighted by Gasteiger charge is 2.31. The van der Waals surface area contributed by atoms with Crippen molar-refractivity contribution in [2.75, 3.05) is 25.5 Å². The van der Waals surface area contributed by atoms with Crippen LogP contribution >= 0.6 is 0 Å². The molecule has 8 heteroatoms. The van der Waals surface area contributed by atoms with Crippen molar-refractivity contribution in [1.29, 1.82) is 0 Å². The first-order valence-electron chi connectivity index (χ1n) is 8.99. The van der Waals surface area contributed by atoms with Gasteiger partial charge in [0.25, 0.3) is 0 Å². The van der Waals surface area contributed by atoms with E-state index in [4.69, 9.17) is 0 Å². The van der Waals surface area contributed by atoms with Gasteiger partial charge in [0, 0.05) is 43.5 Å². The van der Waals surface area contributed by atoms with E-state index >= 15 is 0 Å². The molecule has 1 aromatic carbocycles. The van der Waals surface area contributed by atoms with Crippen LogP contribution < -0.4 is 10.6 Å². The third kappa shape index (κ3) is 4.51. The minimum absolute atomic E-state index is 0.0112. The maximum atomic E-state index is 13.0. The van der Waals surface area contributed by atoms with Gasteiger partial charge in [-0.3, -0.25) is 14.3 Å². The van der Waals surface area contributed by atoms with Gasteiger partial charge in [-0.05, 0) is 44.2 Å². The number of carbonyl (C=O) groups is 2. The van der Waals surface area contributed by atoms with Crippen LogP contribution in [0.4, 0.5) is 10.1 Å². The molecule has 1 aliphatic rings. The number of amides is 2. The van der Waals surface area contributed by atoms with Crippen molar-refractivity contribution in [3.8, 4) is 0 Å². The number of likely N-dealkylation sites (tertiary alicyclic amines) is 1. The monoisotopic (exact) mass is 373 g/mol. The van der Waals surface area contributed by atoms with Gasteiger partial charge in [-0.25, -0.2) is 4.39 Å². The predicted molar refractivity (Wildman–Crippen MR) is 99.3 cm³/mol. The van der Waals surface area contributed by atoms with Gasteiger partial charge in [-0.2, -0.15) is 5.10 Å². The van der Waals surface area contributed by atoms with Gasteiger partial charge < -0.3 is 15.5 Å². The number of aromatic nitrogens is 2. The topological polar surface area (TPSA) is 79.3 Å². The second-order valence-electron chi connectivity index (χ2n) is 6.76. The minimum atomic E-state index is -0.441. The van der Waals surface area contributed by atoms with E-state index in [-0.39, 0.29) is 23.5 Å². The molecule has 1 atom stereocenters. The number of hydrogen-bond acceptors (Lipinski definition) is 4. The number of halogens is 1. The highest BCUT2D eigenvalue weighted by molar-refractivity contribution is 5.92. The normalized spacial score (nSPS) is 16.2. The Hall–Kier alpha value is -2.74. The molecule has 2 aromatic rings. The van der Waals surface area contributed by atoms with Crippen molar-refractivity contribution in [3.63, 3.8) is 0 Å². The molecule has 0 aliphatic carbocycles. The maximum Gasteiger partial charge on any atom is 0.244 e. The van der Waals surface area contributed by atoms with Crippen LogP contribution in [0.1, 0.15) is 24.4 Å². The molecule has 1 saturated heterocycles. The van der Waals surface area contributed by atoms with Crippen molar-refractivity contribution in [1.82, 2.24) is 20.0 Å². The summed E-state index contributed by atoms with van der Waals surface area (Å²) in [6.07, 6.45) is 4.70. The van der Waals surface area contributed by atoms with E-state index in [1.807, 2.05) is 13.2 Å². The Kier molecular flexibility index (Phi) is 5.85. The van der Waals surface area contributed by atoms with Crippen LogP contribution in [-0.2, 0) is 16.6 Å². The lowest BCUT2D eigenvalue weighted by Crippen LogP contribution is -2.45. The summed E-state index contributed by atoms with van der Waals surface area (Å²) in [5.74, 6) is -0.605. The summed E-state index contributed by atoms with van der Waals surface area (Å²) >= 11 is 0. The molecule has 2 amide bonds. The Balaban J connectivity index is 1.55. The molecule has 3 rings (SSSR count). The van der Waals surface area contributed by atoms with Crippen molar-refractivity contribution < 1.29 is 14.0 Å². The zero-order chi connectivity index (χ0) is 19.4. The number of benzene rings is 1. The van der Waals surface area contributed by atoms with E-state index in [9.17, 15) is 14.0 Å². The second-order valence-corrected chi connectivity index (χ2v) is 6.76. The zero-order valence-corrected chi connectivity index (χ0v) is 15.5. The van der Waals surface area contributed by atoms with Crippen LogP contribution in [0.15, 0.2) is 36.7 Å². The number of piperidine rings is 1. The molecule has 0 bridgehead atoms. The molecule has 1 unspecified atom stereocenters. The molecule has 144 valence electrons. The van der Waals surface area contributed by atoms with Crippen molar-refractivity contribution in [2.24, 2.45) is 13.0 Å². The molecule has 1 aromatic heterocycles. The molecule has 1 fully saturated rings. The first-order valence-corrected chi connectivity index (χ1v) is 8.99. The lowest BCUT2D eigenvalue weighted by atomic mass is 9.95. The van der Waals surface area contributed by atoms with Crippen molar-refractivity contribution >= 4 is 17.5 Å². The fourth-order valence-corrected chi connectivity index (χ4v) is 3.34. The number of carbonyl (C=O) groups excluding carboxylic acids is 2. The molecule has 27 heavy (non-hydrogen) atoms. The molecule has 2 heterocycles. The van der Waals surface area contributed by atoms with Crippen molar-refractivity contribution in [3.05, 3.63) is 48.0 Å². The molecular formula is C19H24FN5O2. The van der Waals surface area contributed by atoms with Crippen molar-refractivity contribution in [2.45, 2.75) is 18.9 Å². The Bertz CT molecular complexity index is 797. The smallest absolute Gasteiger partial charge is 0.244 e. The molecule has 0 radical (unpaired) electrons.